The second-order valence-corrected chi connectivity index (χ2v) is 8.58. The number of carbonyl (C=O) groups is 2. The summed E-state index contributed by atoms with van der Waals surface area (Å²) in [6, 6.07) is 0. The zero-order chi connectivity index (χ0) is 15.8. The first-order valence-electron chi connectivity index (χ1n) is 8.94. The molecule has 0 aromatic carbocycles. The van der Waals surface area contributed by atoms with E-state index >= 15 is 0 Å². The van der Waals surface area contributed by atoms with Crippen LogP contribution in [0, 0.1) is 0 Å². The highest BCUT2D eigenvalue weighted by molar-refractivity contribution is 6.52. The summed E-state index contributed by atoms with van der Waals surface area (Å²) in [5.74, 6) is 0.394. The molecule has 22 heavy (non-hydrogen) atoms. The maximum absolute atomic E-state index is 12.5. The number of unbranched alkanes of at least 4 members (excludes halogenated alkanes) is 1. The maximum atomic E-state index is 12.5. The molecule has 0 bridgehead atoms. The van der Waals surface area contributed by atoms with E-state index < -0.39 is 9.36 Å². The lowest BCUT2D eigenvalue weighted by Gasteiger charge is -2.36. The van der Waals surface area contributed by atoms with Crippen LogP contribution in [-0.2, 0) is 14.0 Å². The Kier molecular flexibility index (Phi) is 7.38. The van der Waals surface area contributed by atoms with Crippen LogP contribution in [0.1, 0.15) is 71.1 Å². The van der Waals surface area contributed by atoms with Gasteiger partial charge in [-0.3, -0.25) is 9.59 Å². The summed E-state index contributed by atoms with van der Waals surface area (Å²) in [7, 11) is -2.13. The second-order valence-electron chi connectivity index (χ2n) is 6.35. The van der Waals surface area contributed by atoms with E-state index in [-0.39, 0.29) is 11.8 Å². The van der Waals surface area contributed by atoms with E-state index in [1.165, 1.54) is 0 Å². The van der Waals surface area contributed by atoms with Crippen molar-refractivity contribution in [1.82, 2.24) is 9.13 Å². The monoisotopic (exact) mass is 326 g/mol. The van der Waals surface area contributed by atoms with E-state index in [4.69, 9.17) is 4.43 Å². The fourth-order valence-corrected chi connectivity index (χ4v) is 5.79. The molecule has 2 rings (SSSR count). The standard InChI is InChI=1S/C16H30N2O3Si/c1-2-3-14-21-22(17-12-8-4-6-10-15(17)19)18-13-9-5-7-11-16(18)20/h22H,2-14H2,1H3. The number of hydrogen-bond donors (Lipinski definition) is 0. The molecule has 0 aromatic heterocycles. The van der Waals surface area contributed by atoms with Gasteiger partial charge in [0.1, 0.15) is 0 Å². The highest BCUT2D eigenvalue weighted by atomic mass is 28.3. The summed E-state index contributed by atoms with van der Waals surface area (Å²) in [5, 5.41) is 0. The molecule has 126 valence electrons. The van der Waals surface area contributed by atoms with E-state index in [1.807, 2.05) is 9.13 Å². The van der Waals surface area contributed by atoms with Crippen molar-refractivity contribution >= 4 is 21.2 Å². The molecular formula is C16H30N2O3Si. The van der Waals surface area contributed by atoms with Crippen LogP contribution in [0.4, 0.5) is 0 Å². The lowest BCUT2D eigenvalue weighted by Crippen LogP contribution is -2.58. The normalized spacial score (nSPS) is 21.2. The van der Waals surface area contributed by atoms with E-state index in [2.05, 4.69) is 6.92 Å². The van der Waals surface area contributed by atoms with Gasteiger partial charge in [-0.25, -0.2) is 0 Å². The van der Waals surface area contributed by atoms with Gasteiger partial charge in [0.05, 0.1) is 0 Å². The Morgan fingerprint density at radius 3 is 1.95 bits per heavy atom. The molecule has 2 amide bonds. The van der Waals surface area contributed by atoms with Gasteiger partial charge in [-0.05, 0) is 32.1 Å². The average Bonchev–Trinajstić information content (AvgIpc) is 2.85. The zero-order valence-corrected chi connectivity index (χ0v) is 15.0. The van der Waals surface area contributed by atoms with Crippen LogP contribution in [0.15, 0.2) is 0 Å². The molecule has 0 aromatic rings. The SMILES string of the molecule is CCCCO[SiH](N1CCCCCC1=O)N1CCCCCC1=O. The Labute approximate surface area is 135 Å². The fraction of sp³-hybridized carbons (Fsp3) is 0.875. The number of amides is 2. The molecule has 2 aliphatic heterocycles. The molecule has 0 radical (unpaired) electrons. The number of nitrogens with zero attached hydrogens (tertiary/aromatic N) is 2. The number of hydrogen-bond acceptors (Lipinski definition) is 3. The predicted octanol–water partition coefficient (Wildman–Crippen LogP) is 2.33. The Bertz CT molecular complexity index is 348. The van der Waals surface area contributed by atoms with Gasteiger partial charge in [-0.1, -0.05) is 26.2 Å². The van der Waals surface area contributed by atoms with Crippen LogP contribution in [-0.4, -0.2) is 50.0 Å². The van der Waals surface area contributed by atoms with Crippen molar-refractivity contribution in [2.24, 2.45) is 0 Å². The van der Waals surface area contributed by atoms with Gasteiger partial charge < -0.3 is 13.6 Å². The topological polar surface area (TPSA) is 49.9 Å². The first-order valence-corrected chi connectivity index (χ1v) is 10.4. The van der Waals surface area contributed by atoms with Gasteiger partial charge in [0.2, 0.25) is 11.8 Å². The molecule has 0 atom stereocenters. The van der Waals surface area contributed by atoms with Gasteiger partial charge in [-0.15, -0.1) is 0 Å². The van der Waals surface area contributed by atoms with Crippen molar-refractivity contribution in [1.29, 1.82) is 0 Å². The fourth-order valence-electron chi connectivity index (χ4n) is 3.16. The second kappa shape index (κ2) is 9.30. The van der Waals surface area contributed by atoms with E-state index in [1.54, 1.807) is 0 Å². The van der Waals surface area contributed by atoms with Gasteiger partial charge in [0.25, 0.3) is 0 Å². The van der Waals surface area contributed by atoms with Crippen molar-refractivity contribution in [2.45, 2.75) is 71.1 Å². The molecule has 0 spiro atoms. The molecule has 5 nitrogen and oxygen atoms in total. The van der Waals surface area contributed by atoms with Gasteiger partial charge in [0, 0.05) is 32.5 Å². The maximum Gasteiger partial charge on any atom is 0.407 e. The van der Waals surface area contributed by atoms with Crippen LogP contribution in [0.3, 0.4) is 0 Å². The molecule has 0 saturated carbocycles. The molecular weight excluding hydrogens is 296 g/mol. The Balaban J connectivity index is 2.12. The third-order valence-corrected chi connectivity index (χ3v) is 7.21. The first kappa shape index (κ1) is 17.5. The molecule has 2 saturated heterocycles. The third kappa shape index (κ3) is 4.81. The summed E-state index contributed by atoms with van der Waals surface area (Å²) in [5.41, 5.74) is 0. The van der Waals surface area contributed by atoms with Crippen molar-refractivity contribution in [2.75, 3.05) is 19.7 Å². The summed E-state index contributed by atoms with van der Waals surface area (Å²) in [4.78, 5) is 24.9. The van der Waals surface area contributed by atoms with Gasteiger partial charge >= 0.3 is 9.36 Å². The third-order valence-electron chi connectivity index (χ3n) is 4.52. The quantitative estimate of drug-likeness (QED) is 0.556. The minimum Gasteiger partial charge on any atom is -0.385 e. The van der Waals surface area contributed by atoms with Crippen molar-refractivity contribution < 1.29 is 14.0 Å². The van der Waals surface area contributed by atoms with Crippen LogP contribution in [0.5, 0.6) is 0 Å². The molecule has 0 unspecified atom stereocenters. The predicted molar refractivity (Wildman–Crippen MR) is 88.4 cm³/mol. The van der Waals surface area contributed by atoms with Crippen molar-refractivity contribution in [3.05, 3.63) is 0 Å². The molecule has 6 heteroatoms. The van der Waals surface area contributed by atoms with Crippen LogP contribution in [0.25, 0.3) is 0 Å². The molecule has 0 aliphatic carbocycles. The van der Waals surface area contributed by atoms with Crippen molar-refractivity contribution in [3.8, 4) is 0 Å². The zero-order valence-electron chi connectivity index (χ0n) is 13.9. The van der Waals surface area contributed by atoms with E-state index in [0.717, 1.165) is 64.5 Å². The minimum atomic E-state index is -2.13. The first-order chi connectivity index (χ1) is 10.7. The largest absolute Gasteiger partial charge is 0.407 e. The minimum absolute atomic E-state index is 0.197. The Morgan fingerprint density at radius 2 is 1.45 bits per heavy atom. The Hall–Kier alpha value is -0.883. The smallest absolute Gasteiger partial charge is 0.385 e. The highest BCUT2D eigenvalue weighted by Crippen LogP contribution is 2.19. The van der Waals surface area contributed by atoms with Crippen LogP contribution in [0.2, 0.25) is 0 Å². The number of rotatable bonds is 6. The molecule has 2 heterocycles. The van der Waals surface area contributed by atoms with E-state index in [9.17, 15) is 9.59 Å². The molecule has 2 aliphatic rings. The highest BCUT2D eigenvalue weighted by Gasteiger charge is 2.36. The lowest BCUT2D eigenvalue weighted by molar-refractivity contribution is -0.130. The molecule has 2 fully saturated rings. The van der Waals surface area contributed by atoms with E-state index in [0.29, 0.717) is 19.4 Å². The summed E-state index contributed by atoms with van der Waals surface area (Å²) in [6.07, 6.45) is 9.52. The summed E-state index contributed by atoms with van der Waals surface area (Å²) in [6.45, 7) is 4.34. The van der Waals surface area contributed by atoms with Crippen molar-refractivity contribution in [3.63, 3.8) is 0 Å². The van der Waals surface area contributed by atoms with Gasteiger partial charge in [0.15, 0.2) is 0 Å². The number of carbonyl (C=O) groups excluding carboxylic acids is 2. The molecule has 0 N–H and O–H groups in total. The lowest BCUT2D eigenvalue weighted by atomic mass is 10.2. The summed E-state index contributed by atoms with van der Waals surface area (Å²) < 4.78 is 10.1. The average molecular weight is 327 g/mol. The van der Waals surface area contributed by atoms with Crippen LogP contribution < -0.4 is 0 Å². The Morgan fingerprint density at radius 1 is 0.909 bits per heavy atom. The van der Waals surface area contributed by atoms with Crippen LogP contribution >= 0.6 is 0 Å². The summed E-state index contributed by atoms with van der Waals surface area (Å²) >= 11 is 0. The van der Waals surface area contributed by atoms with Gasteiger partial charge in [-0.2, -0.15) is 0 Å².